The van der Waals surface area contributed by atoms with Crippen LogP contribution in [-0.4, -0.2) is 43.6 Å². The van der Waals surface area contributed by atoms with E-state index in [1.807, 2.05) is 13.8 Å². The lowest BCUT2D eigenvalue weighted by Crippen LogP contribution is -2.22. The Bertz CT molecular complexity index is 594. The molecule has 1 aromatic carbocycles. The first-order valence-corrected chi connectivity index (χ1v) is 8.51. The van der Waals surface area contributed by atoms with E-state index in [-0.39, 0.29) is 10.5 Å². The van der Waals surface area contributed by atoms with E-state index in [1.165, 1.54) is 38.0 Å². The van der Waals surface area contributed by atoms with Gasteiger partial charge in [-0.3, -0.25) is 0 Å². The highest BCUT2D eigenvalue weighted by atomic mass is 32.2. The fraction of sp³-hybridized carbons (Fsp3) is 0.462. The van der Waals surface area contributed by atoms with Crippen LogP contribution in [0.3, 0.4) is 0 Å². The van der Waals surface area contributed by atoms with Crippen molar-refractivity contribution in [3.63, 3.8) is 0 Å². The molecule has 0 aliphatic carbocycles. The molecule has 0 amide bonds. The zero-order chi connectivity index (χ0) is 15.5. The zero-order valence-electron chi connectivity index (χ0n) is 12.0. The first-order valence-electron chi connectivity index (χ1n) is 6.09. The molecular formula is C13H19NO4S2. The molecule has 0 radical (unpaired) electrons. The Labute approximate surface area is 124 Å². The van der Waals surface area contributed by atoms with Crippen LogP contribution in [0.5, 0.6) is 0 Å². The Hall–Kier alpha value is -1.05. The molecule has 0 atom stereocenters. The number of aromatic carboxylic acids is 1. The van der Waals surface area contributed by atoms with Crippen molar-refractivity contribution >= 4 is 27.8 Å². The minimum absolute atomic E-state index is 0.00574. The molecule has 0 saturated carbocycles. The molecule has 0 unspecified atom stereocenters. The second-order valence-corrected chi connectivity index (χ2v) is 8.17. The Morgan fingerprint density at radius 3 is 2.40 bits per heavy atom. The van der Waals surface area contributed by atoms with Gasteiger partial charge >= 0.3 is 5.97 Å². The number of benzene rings is 1. The summed E-state index contributed by atoms with van der Waals surface area (Å²) in [4.78, 5) is 11.9. The number of carboxylic acids is 1. The van der Waals surface area contributed by atoms with Crippen LogP contribution in [0.1, 0.15) is 24.2 Å². The molecule has 0 fully saturated rings. The Balaban J connectivity index is 3.24. The van der Waals surface area contributed by atoms with Gasteiger partial charge in [-0.05, 0) is 24.1 Å². The van der Waals surface area contributed by atoms with Crippen molar-refractivity contribution in [1.82, 2.24) is 4.31 Å². The lowest BCUT2D eigenvalue weighted by molar-refractivity contribution is 0.0693. The molecule has 0 heterocycles. The van der Waals surface area contributed by atoms with Crippen LogP contribution in [0.2, 0.25) is 0 Å². The van der Waals surface area contributed by atoms with Crippen LogP contribution >= 0.6 is 11.8 Å². The van der Waals surface area contributed by atoms with Gasteiger partial charge in [0, 0.05) is 24.7 Å². The van der Waals surface area contributed by atoms with Crippen LogP contribution in [0.4, 0.5) is 0 Å². The van der Waals surface area contributed by atoms with E-state index >= 15 is 0 Å². The zero-order valence-corrected chi connectivity index (χ0v) is 13.6. The van der Waals surface area contributed by atoms with Gasteiger partial charge in [-0.25, -0.2) is 17.5 Å². The summed E-state index contributed by atoms with van der Waals surface area (Å²) < 4.78 is 25.1. The van der Waals surface area contributed by atoms with Crippen LogP contribution < -0.4 is 0 Å². The second kappa shape index (κ2) is 6.60. The Morgan fingerprint density at radius 2 is 1.95 bits per heavy atom. The summed E-state index contributed by atoms with van der Waals surface area (Å²) in [6.45, 7) is 4.08. The number of rotatable bonds is 6. The van der Waals surface area contributed by atoms with E-state index in [4.69, 9.17) is 0 Å². The van der Waals surface area contributed by atoms with E-state index in [0.717, 1.165) is 10.1 Å². The first kappa shape index (κ1) is 17.0. The summed E-state index contributed by atoms with van der Waals surface area (Å²) >= 11 is 1.42. The molecule has 0 aliphatic rings. The predicted octanol–water partition coefficient (Wildman–Crippen LogP) is 2.38. The molecule has 1 N–H and O–H groups in total. The van der Waals surface area contributed by atoms with Crippen LogP contribution in [0.15, 0.2) is 28.0 Å². The fourth-order valence-corrected chi connectivity index (χ4v) is 3.34. The molecule has 112 valence electrons. The number of nitrogens with zero attached hydrogens (tertiary/aromatic N) is 1. The Kier molecular flexibility index (Phi) is 5.61. The van der Waals surface area contributed by atoms with E-state index in [0.29, 0.717) is 10.8 Å². The summed E-state index contributed by atoms with van der Waals surface area (Å²) in [7, 11) is -0.792. The molecule has 0 spiro atoms. The van der Waals surface area contributed by atoms with Gasteiger partial charge < -0.3 is 5.11 Å². The third-order valence-corrected chi connectivity index (χ3v) is 5.84. The first-order chi connectivity index (χ1) is 9.16. The molecule has 7 heteroatoms. The van der Waals surface area contributed by atoms with E-state index < -0.39 is 16.0 Å². The Morgan fingerprint density at radius 1 is 1.35 bits per heavy atom. The van der Waals surface area contributed by atoms with Crippen LogP contribution in [-0.2, 0) is 10.0 Å². The molecule has 1 aromatic rings. The number of hydrogen-bond donors (Lipinski definition) is 1. The highest BCUT2D eigenvalue weighted by molar-refractivity contribution is 7.99. The topological polar surface area (TPSA) is 74.7 Å². The van der Waals surface area contributed by atoms with Gasteiger partial charge in [-0.1, -0.05) is 13.8 Å². The van der Waals surface area contributed by atoms with Gasteiger partial charge in [0.05, 0.1) is 10.5 Å². The summed E-state index contributed by atoms with van der Waals surface area (Å²) in [6.07, 6.45) is 0. The van der Waals surface area contributed by atoms with Crippen molar-refractivity contribution < 1.29 is 18.3 Å². The van der Waals surface area contributed by atoms with Crippen molar-refractivity contribution in [2.45, 2.75) is 23.6 Å². The summed E-state index contributed by atoms with van der Waals surface area (Å²) in [5.74, 6) is 0.0824. The standard InChI is InChI=1S/C13H19NO4S2/c1-9(2)8-19-12-6-5-10(7-11(12)13(15)16)20(17,18)14(3)4/h5-7,9H,8H2,1-4H3,(H,15,16). The van der Waals surface area contributed by atoms with Crippen molar-refractivity contribution in [3.05, 3.63) is 23.8 Å². The van der Waals surface area contributed by atoms with E-state index in [2.05, 4.69) is 0 Å². The maximum absolute atomic E-state index is 12.0. The number of carbonyl (C=O) groups is 1. The maximum Gasteiger partial charge on any atom is 0.336 e. The van der Waals surface area contributed by atoms with Gasteiger partial charge in [0.25, 0.3) is 0 Å². The molecule has 0 aliphatic heterocycles. The van der Waals surface area contributed by atoms with Gasteiger partial charge in [0.2, 0.25) is 10.0 Å². The molecule has 0 bridgehead atoms. The number of thioether (sulfide) groups is 1. The van der Waals surface area contributed by atoms with Crippen LogP contribution in [0, 0.1) is 5.92 Å². The number of carboxylic acid groups (broad SMARTS) is 1. The molecule has 0 aromatic heterocycles. The lowest BCUT2D eigenvalue weighted by Gasteiger charge is -2.13. The SMILES string of the molecule is CC(C)CSc1ccc(S(=O)(=O)N(C)C)cc1C(=O)O. The second-order valence-electron chi connectivity index (χ2n) is 4.96. The smallest absolute Gasteiger partial charge is 0.336 e. The highest BCUT2D eigenvalue weighted by Gasteiger charge is 2.21. The van der Waals surface area contributed by atoms with Crippen molar-refractivity contribution in [2.24, 2.45) is 5.92 Å². The third kappa shape index (κ3) is 3.97. The molecule has 0 saturated heterocycles. The molecular weight excluding hydrogens is 298 g/mol. The molecule has 20 heavy (non-hydrogen) atoms. The number of hydrogen-bond acceptors (Lipinski definition) is 4. The third-order valence-electron chi connectivity index (χ3n) is 2.53. The number of sulfonamides is 1. The van der Waals surface area contributed by atoms with Crippen molar-refractivity contribution in [1.29, 1.82) is 0 Å². The van der Waals surface area contributed by atoms with Gasteiger partial charge in [-0.15, -0.1) is 11.8 Å². The summed E-state index contributed by atoms with van der Waals surface area (Å²) in [5, 5.41) is 9.24. The van der Waals surface area contributed by atoms with Crippen LogP contribution in [0.25, 0.3) is 0 Å². The predicted molar refractivity (Wildman–Crippen MR) is 79.8 cm³/mol. The summed E-state index contributed by atoms with van der Waals surface area (Å²) in [6, 6.07) is 4.23. The van der Waals surface area contributed by atoms with Crippen molar-refractivity contribution in [2.75, 3.05) is 19.8 Å². The lowest BCUT2D eigenvalue weighted by atomic mass is 10.2. The summed E-state index contributed by atoms with van der Waals surface area (Å²) in [5.41, 5.74) is 0.0265. The van der Waals surface area contributed by atoms with Gasteiger partial charge in [0.15, 0.2) is 0 Å². The molecule has 1 rings (SSSR count). The largest absolute Gasteiger partial charge is 0.478 e. The van der Waals surface area contributed by atoms with E-state index in [1.54, 1.807) is 6.07 Å². The molecule has 5 nitrogen and oxygen atoms in total. The minimum atomic E-state index is -3.62. The van der Waals surface area contributed by atoms with Gasteiger partial charge in [-0.2, -0.15) is 0 Å². The highest BCUT2D eigenvalue weighted by Crippen LogP contribution is 2.27. The monoisotopic (exact) mass is 317 g/mol. The quantitative estimate of drug-likeness (QED) is 0.815. The average molecular weight is 317 g/mol. The van der Waals surface area contributed by atoms with Crippen molar-refractivity contribution in [3.8, 4) is 0 Å². The maximum atomic E-state index is 12.0. The average Bonchev–Trinajstić information content (AvgIpc) is 2.35. The van der Waals surface area contributed by atoms with E-state index in [9.17, 15) is 18.3 Å². The van der Waals surface area contributed by atoms with Gasteiger partial charge in [0.1, 0.15) is 0 Å². The normalized spacial score (nSPS) is 12.1. The fourth-order valence-electron chi connectivity index (χ4n) is 1.43. The minimum Gasteiger partial charge on any atom is -0.478 e.